The van der Waals surface area contributed by atoms with Crippen LogP contribution < -0.4 is 0 Å². The summed E-state index contributed by atoms with van der Waals surface area (Å²) in [6.07, 6.45) is 1.18. The van der Waals surface area contributed by atoms with Crippen LogP contribution in [0.2, 0.25) is 5.02 Å². The molecule has 106 valence electrons. The SMILES string of the molecule is Clc1ccccc1CN1CCc2sccc2C1.O=CO. The summed E-state index contributed by atoms with van der Waals surface area (Å²) in [4.78, 5) is 12.4. The normalized spacial score (nSPS) is 14.1. The fraction of sp³-hybridized carbons (Fsp3) is 0.267. The van der Waals surface area contributed by atoms with E-state index in [9.17, 15) is 0 Å². The van der Waals surface area contributed by atoms with E-state index in [1.165, 1.54) is 17.5 Å². The first-order valence-electron chi connectivity index (χ1n) is 6.33. The number of thiophene rings is 1. The van der Waals surface area contributed by atoms with Gasteiger partial charge >= 0.3 is 0 Å². The van der Waals surface area contributed by atoms with E-state index in [2.05, 4.69) is 28.5 Å². The summed E-state index contributed by atoms with van der Waals surface area (Å²) >= 11 is 8.08. The fourth-order valence-electron chi connectivity index (χ4n) is 2.31. The van der Waals surface area contributed by atoms with Crippen molar-refractivity contribution in [2.75, 3.05) is 6.54 Å². The third kappa shape index (κ3) is 3.82. The highest BCUT2D eigenvalue weighted by molar-refractivity contribution is 7.10. The van der Waals surface area contributed by atoms with E-state index in [1.54, 1.807) is 4.88 Å². The first-order valence-corrected chi connectivity index (χ1v) is 7.59. The van der Waals surface area contributed by atoms with Crippen molar-refractivity contribution in [2.45, 2.75) is 19.5 Å². The van der Waals surface area contributed by atoms with E-state index >= 15 is 0 Å². The van der Waals surface area contributed by atoms with Crippen LogP contribution in [0.5, 0.6) is 0 Å². The molecule has 2 heterocycles. The van der Waals surface area contributed by atoms with Crippen molar-refractivity contribution in [3.8, 4) is 0 Å². The topological polar surface area (TPSA) is 40.5 Å². The molecular weight excluding hydrogens is 294 g/mol. The van der Waals surface area contributed by atoms with Crippen LogP contribution in [0.4, 0.5) is 0 Å². The third-order valence-corrected chi connectivity index (χ3v) is 4.63. The Hall–Kier alpha value is -1.36. The first kappa shape index (κ1) is 15.0. The molecule has 3 nitrogen and oxygen atoms in total. The molecule has 0 saturated heterocycles. The third-order valence-electron chi connectivity index (χ3n) is 3.24. The predicted octanol–water partition coefficient (Wildman–Crippen LogP) is 3.66. The van der Waals surface area contributed by atoms with Crippen LogP contribution in [0, 0.1) is 0 Å². The monoisotopic (exact) mass is 309 g/mol. The van der Waals surface area contributed by atoms with E-state index < -0.39 is 0 Å². The maximum absolute atomic E-state index is 8.36. The van der Waals surface area contributed by atoms with Gasteiger partial charge in [0.05, 0.1) is 0 Å². The van der Waals surface area contributed by atoms with Crippen LogP contribution in [0.25, 0.3) is 0 Å². The van der Waals surface area contributed by atoms with Crippen molar-refractivity contribution in [1.29, 1.82) is 0 Å². The average molecular weight is 310 g/mol. The van der Waals surface area contributed by atoms with E-state index in [1.807, 2.05) is 23.5 Å². The van der Waals surface area contributed by atoms with Gasteiger partial charge in [-0.1, -0.05) is 29.8 Å². The summed E-state index contributed by atoms with van der Waals surface area (Å²) in [5.41, 5.74) is 2.72. The minimum absolute atomic E-state index is 0.250. The van der Waals surface area contributed by atoms with Crippen molar-refractivity contribution in [3.63, 3.8) is 0 Å². The molecule has 0 aliphatic carbocycles. The summed E-state index contributed by atoms with van der Waals surface area (Å²) in [5.74, 6) is 0. The van der Waals surface area contributed by atoms with Crippen LogP contribution in [0.3, 0.4) is 0 Å². The highest BCUT2D eigenvalue weighted by Crippen LogP contribution is 2.26. The lowest BCUT2D eigenvalue weighted by Gasteiger charge is -2.27. The zero-order valence-electron chi connectivity index (χ0n) is 11.0. The van der Waals surface area contributed by atoms with Gasteiger partial charge in [-0.25, -0.2) is 0 Å². The number of carbonyl (C=O) groups is 1. The lowest BCUT2D eigenvalue weighted by Crippen LogP contribution is -2.29. The molecule has 0 spiro atoms. The second-order valence-electron chi connectivity index (χ2n) is 4.53. The van der Waals surface area contributed by atoms with Gasteiger partial charge in [-0.2, -0.15) is 0 Å². The molecule has 20 heavy (non-hydrogen) atoms. The van der Waals surface area contributed by atoms with E-state index in [-0.39, 0.29) is 6.47 Å². The molecule has 0 atom stereocenters. The Morgan fingerprint density at radius 3 is 2.85 bits per heavy atom. The molecule has 1 N–H and O–H groups in total. The second-order valence-corrected chi connectivity index (χ2v) is 5.93. The first-order chi connectivity index (χ1) is 9.74. The molecule has 0 radical (unpaired) electrons. The van der Waals surface area contributed by atoms with Gasteiger partial charge in [-0.15, -0.1) is 11.3 Å². The number of rotatable bonds is 2. The number of benzene rings is 1. The van der Waals surface area contributed by atoms with Crippen molar-refractivity contribution in [2.24, 2.45) is 0 Å². The summed E-state index contributed by atoms with van der Waals surface area (Å²) in [6.45, 7) is 2.90. The van der Waals surface area contributed by atoms with Gasteiger partial charge in [0.15, 0.2) is 0 Å². The molecule has 5 heteroatoms. The largest absolute Gasteiger partial charge is 0.483 e. The molecule has 0 saturated carbocycles. The Bertz CT molecular complexity index is 571. The van der Waals surface area contributed by atoms with Gasteiger partial charge in [0.25, 0.3) is 6.47 Å². The maximum Gasteiger partial charge on any atom is 0.290 e. The average Bonchev–Trinajstić information content (AvgIpc) is 2.90. The van der Waals surface area contributed by atoms with Crippen LogP contribution in [-0.4, -0.2) is 23.0 Å². The van der Waals surface area contributed by atoms with Gasteiger partial charge in [0.1, 0.15) is 0 Å². The number of fused-ring (bicyclic) bond motifs is 1. The number of carboxylic acid groups (broad SMARTS) is 1. The van der Waals surface area contributed by atoms with Gasteiger partial charge in [-0.3, -0.25) is 9.69 Å². The predicted molar refractivity (Wildman–Crippen MR) is 82.3 cm³/mol. The van der Waals surface area contributed by atoms with Crippen LogP contribution in [0.1, 0.15) is 16.0 Å². The Morgan fingerprint density at radius 2 is 2.10 bits per heavy atom. The Labute approximate surface area is 127 Å². The quantitative estimate of drug-likeness (QED) is 0.861. The zero-order chi connectivity index (χ0) is 14.4. The summed E-state index contributed by atoms with van der Waals surface area (Å²) in [6, 6.07) is 10.4. The standard InChI is InChI=1S/C14H14ClNS.CH2O2/c15-13-4-2-1-3-11(13)9-16-7-5-14-12(10-16)6-8-17-14;2-1-3/h1-4,6,8H,5,7,9-10H2;1H,(H,2,3). The summed E-state index contributed by atoms with van der Waals surface area (Å²) in [7, 11) is 0. The van der Waals surface area contributed by atoms with Crippen molar-refractivity contribution >= 4 is 29.4 Å². The molecule has 1 aliphatic heterocycles. The summed E-state index contributed by atoms with van der Waals surface area (Å²) < 4.78 is 0. The van der Waals surface area contributed by atoms with Crippen molar-refractivity contribution < 1.29 is 9.90 Å². The minimum Gasteiger partial charge on any atom is -0.483 e. The molecule has 0 fully saturated rings. The van der Waals surface area contributed by atoms with Crippen LogP contribution >= 0.6 is 22.9 Å². The van der Waals surface area contributed by atoms with Gasteiger partial charge < -0.3 is 5.11 Å². The molecule has 2 aromatic rings. The molecule has 1 aromatic carbocycles. The Kier molecular flexibility index (Phi) is 5.59. The van der Waals surface area contributed by atoms with Crippen LogP contribution in [0.15, 0.2) is 35.7 Å². The number of nitrogens with zero attached hydrogens (tertiary/aromatic N) is 1. The molecule has 0 bridgehead atoms. The van der Waals surface area contributed by atoms with Crippen molar-refractivity contribution in [3.05, 3.63) is 56.7 Å². The van der Waals surface area contributed by atoms with Crippen LogP contribution in [-0.2, 0) is 24.3 Å². The highest BCUT2D eigenvalue weighted by atomic mass is 35.5. The Balaban J connectivity index is 0.000000452. The highest BCUT2D eigenvalue weighted by Gasteiger charge is 2.17. The smallest absolute Gasteiger partial charge is 0.290 e. The minimum atomic E-state index is -0.250. The fourth-order valence-corrected chi connectivity index (χ4v) is 3.39. The van der Waals surface area contributed by atoms with E-state index in [4.69, 9.17) is 21.5 Å². The van der Waals surface area contributed by atoms with E-state index in [0.29, 0.717) is 0 Å². The Morgan fingerprint density at radius 1 is 1.35 bits per heavy atom. The lowest BCUT2D eigenvalue weighted by atomic mass is 10.1. The number of hydrogen-bond acceptors (Lipinski definition) is 3. The summed E-state index contributed by atoms with van der Waals surface area (Å²) in [5, 5.41) is 9.97. The lowest BCUT2D eigenvalue weighted by molar-refractivity contribution is -0.122. The molecule has 0 unspecified atom stereocenters. The second kappa shape index (κ2) is 7.43. The van der Waals surface area contributed by atoms with Crippen molar-refractivity contribution in [1.82, 2.24) is 4.90 Å². The van der Waals surface area contributed by atoms with Gasteiger partial charge in [0, 0.05) is 29.5 Å². The number of halogens is 1. The molecule has 1 aromatic heterocycles. The maximum atomic E-state index is 8.36. The molecular formula is C15H16ClNO2S. The van der Waals surface area contributed by atoms with Gasteiger partial charge in [0.2, 0.25) is 0 Å². The zero-order valence-corrected chi connectivity index (χ0v) is 12.5. The molecule has 3 rings (SSSR count). The molecule has 0 amide bonds. The van der Waals surface area contributed by atoms with Gasteiger partial charge in [-0.05, 0) is 35.1 Å². The number of hydrogen-bond donors (Lipinski definition) is 1. The van der Waals surface area contributed by atoms with E-state index in [0.717, 1.165) is 24.7 Å². The molecule has 1 aliphatic rings.